The maximum absolute atomic E-state index is 14.2. The van der Waals surface area contributed by atoms with Gasteiger partial charge in [-0.15, -0.1) is 11.3 Å². The minimum atomic E-state index is -0.712. The number of amides is 3. The van der Waals surface area contributed by atoms with Gasteiger partial charge in [0, 0.05) is 33.2 Å². The summed E-state index contributed by atoms with van der Waals surface area (Å²) in [6, 6.07) is 3.14. The van der Waals surface area contributed by atoms with Crippen molar-refractivity contribution in [3.8, 4) is 0 Å². The number of hydrogen-bond acceptors (Lipinski definition) is 6. The Kier molecular flexibility index (Phi) is 11.2. The molecule has 0 bridgehead atoms. The number of carbonyl (C=O) groups excluding carboxylic acids is 3. The van der Waals surface area contributed by atoms with Crippen molar-refractivity contribution in [3.63, 3.8) is 0 Å². The molecule has 224 valence electrons. The molecule has 2 heterocycles. The van der Waals surface area contributed by atoms with Gasteiger partial charge in [0.05, 0.1) is 19.1 Å². The molecule has 0 radical (unpaired) electrons. The smallest absolute Gasteiger partial charge is 0.244 e. The van der Waals surface area contributed by atoms with Crippen LogP contribution in [0, 0.1) is 5.92 Å². The van der Waals surface area contributed by atoms with Crippen LogP contribution in [0.1, 0.15) is 91.1 Å². The zero-order chi connectivity index (χ0) is 29.7. The molecule has 3 aliphatic rings. The Labute approximate surface area is 248 Å². The van der Waals surface area contributed by atoms with Crippen molar-refractivity contribution in [2.45, 2.75) is 108 Å². The van der Waals surface area contributed by atoms with E-state index in [0.29, 0.717) is 51.0 Å². The lowest BCUT2D eigenvalue weighted by Crippen LogP contribution is -2.64. The van der Waals surface area contributed by atoms with E-state index >= 15 is 0 Å². The third kappa shape index (κ3) is 9.28. The van der Waals surface area contributed by atoms with Crippen LogP contribution >= 0.6 is 11.3 Å². The number of carbonyl (C=O) groups is 3. The molecule has 2 saturated carbocycles. The van der Waals surface area contributed by atoms with Crippen LogP contribution in [0.25, 0.3) is 0 Å². The van der Waals surface area contributed by atoms with Crippen molar-refractivity contribution < 1.29 is 17.1 Å². The first kappa shape index (κ1) is 28.2. The molecule has 3 amide bonds. The van der Waals surface area contributed by atoms with Crippen LogP contribution < -0.4 is 10.6 Å². The molecule has 0 aromatic carbocycles. The Balaban J connectivity index is 1.45. The van der Waals surface area contributed by atoms with Crippen molar-refractivity contribution in [2.75, 3.05) is 40.2 Å². The van der Waals surface area contributed by atoms with Crippen LogP contribution in [0.15, 0.2) is 17.5 Å². The fraction of sp³-hybridized carbons (Fsp3) is 0.774. The number of hydrogen-bond donors (Lipinski definition) is 2. The zero-order valence-corrected chi connectivity index (χ0v) is 25.0. The van der Waals surface area contributed by atoms with E-state index in [1.165, 1.54) is 19.3 Å². The molecule has 2 N–H and O–H groups in total. The summed E-state index contributed by atoms with van der Waals surface area (Å²) in [5.74, 6) is 0.300. The Morgan fingerprint density at radius 3 is 2.58 bits per heavy atom. The first-order valence-electron chi connectivity index (χ1n) is 16.8. The Morgan fingerprint density at radius 2 is 1.85 bits per heavy atom. The van der Waals surface area contributed by atoms with Gasteiger partial charge in [-0.05, 0) is 76.5 Å². The van der Waals surface area contributed by atoms with Crippen LogP contribution in [0.3, 0.4) is 0 Å². The topological polar surface area (TPSA) is 85.0 Å². The second kappa shape index (κ2) is 15.9. The molecule has 0 spiro atoms. The summed E-state index contributed by atoms with van der Waals surface area (Å²) in [4.78, 5) is 47.5. The van der Waals surface area contributed by atoms with E-state index in [0.717, 1.165) is 56.2 Å². The SMILES string of the molecule is [2H]CN(C[2H])CCCC[C@H](NC1CCCCC1)C(=O)N1CCN(C(=O)CC2CCCC2)C[C@H]1C(=O)NCc1cccs1. The van der Waals surface area contributed by atoms with E-state index in [-0.39, 0.29) is 44.4 Å². The summed E-state index contributed by atoms with van der Waals surface area (Å²) < 4.78 is 15.1. The fourth-order valence-corrected chi connectivity index (χ4v) is 7.15. The first-order valence-corrected chi connectivity index (χ1v) is 16.3. The van der Waals surface area contributed by atoms with Gasteiger partial charge in [0.2, 0.25) is 17.7 Å². The van der Waals surface area contributed by atoms with Gasteiger partial charge in [-0.3, -0.25) is 14.4 Å². The first-order chi connectivity index (χ1) is 20.5. The lowest BCUT2D eigenvalue weighted by molar-refractivity contribution is -0.150. The zero-order valence-electron chi connectivity index (χ0n) is 26.2. The fourth-order valence-electron chi connectivity index (χ4n) is 6.51. The summed E-state index contributed by atoms with van der Waals surface area (Å²) in [6.45, 7) is 2.15. The van der Waals surface area contributed by atoms with E-state index in [1.807, 2.05) is 22.4 Å². The van der Waals surface area contributed by atoms with E-state index < -0.39 is 6.04 Å². The normalized spacial score (nSPS) is 22.3. The van der Waals surface area contributed by atoms with E-state index in [9.17, 15) is 14.4 Å². The minimum absolute atomic E-state index is 0.0439. The Morgan fingerprint density at radius 1 is 1.07 bits per heavy atom. The molecule has 1 saturated heterocycles. The van der Waals surface area contributed by atoms with Crippen LogP contribution in [0.5, 0.6) is 0 Å². The largest absolute Gasteiger partial charge is 0.349 e. The summed E-state index contributed by atoms with van der Waals surface area (Å²) in [5, 5.41) is 8.71. The predicted octanol–water partition coefficient (Wildman–Crippen LogP) is 4.01. The van der Waals surface area contributed by atoms with Crippen LogP contribution in [0.4, 0.5) is 0 Å². The number of unbranched alkanes of at least 4 members (excludes halogenated alkanes) is 1. The summed E-state index contributed by atoms with van der Waals surface area (Å²) in [6.07, 6.45) is 13.1. The van der Waals surface area contributed by atoms with Crippen LogP contribution in [0.2, 0.25) is 0 Å². The monoisotopic (exact) mass is 575 g/mol. The maximum atomic E-state index is 14.2. The summed E-state index contributed by atoms with van der Waals surface area (Å²) >= 11 is 1.59. The van der Waals surface area contributed by atoms with Crippen molar-refractivity contribution in [1.29, 1.82) is 0 Å². The molecular weight excluding hydrogens is 522 g/mol. The highest BCUT2D eigenvalue weighted by molar-refractivity contribution is 7.09. The molecule has 4 rings (SSSR count). The molecule has 9 heteroatoms. The second-order valence-electron chi connectivity index (χ2n) is 12.0. The molecule has 2 atom stereocenters. The van der Waals surface area contributed by atoms with Gasteiger partial charge in [-0.1, -0.05) is 44.6 Å². The lowest BCUT2D eigenvalue weighted by atomic mass is 9.94. The second-order valence-corrected chi connectivity index (χ2v) is 13.0. The average Bonchev–Trinajstić information content (AvgIpc) is 3.74. The van der Waals surface area contributed by atoms with Crippen LogP contribution in [-0.2, 0) is 20.9 Å². The molecule has 3 fully saturated rings. The minimum Gasteiger partial charge on any atom is -0.349 e. The van der Waals surface area contributed by atoms with Gasteiger partial charge in [0.15, 0.2) is 0 Å². The predicted molar refractivity (Wildman–Crippen MR) is 161 cm³/mol. The maximum Gasteiger partial charge on any atom is 0.244 e. The van der Waals surface area contributed by atoms with Gasteiger partial charge >= 0.3 is 0 Å². The molecular formula is C31H51N5O3S. The Bertz CT molecular complexity index is 968. The van der Waals surface area contributed by atoms with Crippen LogP contribution in [-0.4, -0.2) is 90.8 Å². The van der Waals surface area contributed by atoms with Gasteiger partial charge < -0.3 is 25.3 Å². The molecule has 1 aromatic heterocycles. The highest BCUT2D eigenvalue weighted by Crippen LogP contribution is 2.29. The standard InChI is InChI=1S/C31H51N5O3S/c1-34(2)17-9-8-16-27(33-25-13-4-3-5-14-25)31(39)36-19-18-35(29(37)21-24-11-6-7-12-24)23-28(36)30(38)32-22-26-15-10-20-40-26/h10,15,20,24-25,27-28,33H,3-9,11-14,16-19,21-23H2,1-2H3,(H,32,38)/t27-,28-/m0/s1/i1D,2D. The number of piperazine rings is 1. The van der Waals surface area contributed by atoms with Gasteiger partial charge in [0.1, 0.15) is 6.04 Å². The van der Waals surface area contributed by atoms with Gasteiger partial charge in [-0.2, -0.15) is 0 Å². The number of nitrogens with one attached hydrogen (secondary N) is 2. The molecule has 2 aliphatic carbocycles. The van der Waals surface area contributed by atoms with Crippen molar-refractivity contribution in [3.05, 3.63) is 22.4 Å². The van der Waals surface area contributed by atoms with Gasteiger partial charge in [-0.25, -0.2) is 0 Å². The van der Waals surface area contributed by atoms with Gasteiger partial charge in [0.25, 0.3) is 0 Å². The molecule has 40 heavy (non-hydrogen) atoms. The third-order valence-electron chi connectivity index (χ3n) is 8.83. The highest BCUT2D eigenvalue weighted by Gasteiger charge is 2.40. The average molecular weight is 576 g/mol. The molecule has 1 aromatic rings. The molecule has 0 unspecified atom stereocenters. The van der Waals surface area contributed by atoms with Crippen molar-refractivity contribution in [2.24, 2.45) is 5.92 Å². The van der Waals surface area contributed by atoms with E-state index in [1.54, 1.807) is 21.1 Å². The van der Waals surface area contributed by atoms with Crippen molar-refractivity contribution >= 4 is 29.1 Å². The lowest BCUT2D eigenvalue weighted by Gasteiger charge is -2.42. The molecule has 8 nitrogen and oxygen atoms in total. The summed E-state index contributed by atoms with van der Waals surface area (Å²) in [5.41, 5.74) is 0. The Hall–Kier alpha value is -1.97. The van der Waals surface area contributed by atoms with E-state index in [2.05, 4.69) is 10.6 Å². The summed E-state index contributed by atoms with van der Waals surface area (Å²) in [7, 11) is 0.219. The number of thiophene rings is 1. The number of rotatable bonds is 13. The number of nitrogens with zero attached hydrogens (tertiary/aromatic N) is 3. The van der Waals surface area contributed by atoms with E-state index in [4.69, 9.17) is 2.74 Å². The van der Waals surface area contributed by atoms with Crippen molar-refractivity contribution in [1.82, 2.24) is 25.3 Å². The highest BCUT2D eigenvalue weighted by atomic mass is 32.1. The quantitative estimate of drug-likeness (QED) is 0.347. The molecule has 1 aliphatic heterocycles. The third-order valence-corrected chi connectivity index (χ3v) is 9.71.